The van der Waals surface area contributed by atoms with Gasteiger partial charge in [0, 0.05) is 0 Å². The van der Waals surface area contributed by atoms with Crippen LogP contribution in [0.3, 0.4) is 0 Å². The van der Waals surface area contributed by atoms with Gasteiger partial charge < -0.3 is 15.2 Å². The maximum Gasteiger partial charge on any atom is 0.226 e. The summed E-state index contributed by atoms with van der Waals surface area (Å²) in [5.74, 6) is 1.04. The third kappa shape index (κ3) is 2.76. The SMILES string of the molecule is CC.COc1nc(N)nc(OC)c1C. The van der Waals surface area contributed by atoms with Gasteiger partial charge in [0.1, 0.15) is 0 Å². The molecular formula is C9H17N3O2. The Kier molecular flexibility index (Phi) is 5.36. The maximum atomic E-state index is 5.40. The first kappa shape index (κ1) is 12.5. The van der Waals surface area contributed by atoms with Gasteiger partial charge in [0.2, 0.25) is 17.7 Å². The summed E-state index contributed by atoms with van der Waals surface area (Å²) in [4.78, 5) is 7.73. The van der Waals surface area contributed by atoms with Gasteiger partial charge in [-0.25, -0.2) is 0 Å². The van der Waals surface area contributed by atoms with Crippen molar-refractivity contribution in [2.24, 2.45) is 0 Å². The third-order valence-corrected chi connectivity index (χ3v) is 1.46. The Hall–Kier alpha value is -1.52. The van der Waals surface area contributed by atoms with Crippen LogP contribution in [0.1, 0.15) is 19.4 Å². The van der Waals surface area contributed by atoms with Gasteiger partial charge in [0.05, 0.1) is 19.8 Å². The molecule has 0 unspecified atom stereocenters. The highest BCUT2D eigenvalue weighted by Crippen LogP contribution is 2.23. The minimum atomic E-state index is 0.148. The van der Waals surface area contributed by atoms with E-state index in [9.17, 15) is 0 Å². The first-order valence-electron chi connectivity index (χ1n) is 4.41. The summed E-state index contributed by atoms with van der Waals surface area (Å²) in [6, 6.07) is 0. The molecule has 0 aliphatic heterocycles. The lowest BCUT2D eigenvalue weighted by Gasteiger charge is -2.07. The zero-order valence-electron chi connectivity index (χ0n) is 9.29. The Labute approximate surface area is 84.3 Å². The van der Waals surface area contributed by atoms with Crippen LogP contribution in [0.2, 0.25) is 0 Å². The molecule has 0 atom stereocenters. The van der Waals surface area contributed by atoms with Crippen molar-refractivity contribution in [1.82, 2.24) is 9.97 Å². The molecule has 0 aliphatic rings. The van der Waals surface area contributed by atoms with Gasteiger partial charge >= 0.3 is 0 Å². The molecule has 5 nitrogen and oxygen atoms in total. The molecule has 0 aromatic carbocycles. The van der Waals surface area contributed by atoms with E-state index in [0.29, 0.717) is 11.8 Å². The Morgan fingerprint density at radius 3 is 1.64 bits per heavy atom. The number of nitrogens with two attached hydrogens (primary N) is 1. The predicted molar refractivity (Wildman–Crippen MR) is 55.6 cm³/mol. The molecule has 0 aliphatic carbocycles. The number of hydrogen-bond acceptors (Lipinski definition) is 5. The van der Waals surface area contributed by atoms with E-state index >= 15 is 0 Å². The van der Waals surface area contributed by atoms with Gasteiger partial charge in [0.15, 0.2) is 0 Å². The first-order chi connectivity index (χ1) is 6.69. The van der Waals surface area contributed by atoms with Crippen molar-refractivity contribution in [2.45, 2.75) is 20.8 Å². The van der Waals surface area contributed by atoms with E-state index in [-0.39, 0.29) is 5.95 Å². The molecule has 80 valence electrons. The van der Waals surface area contributed by atoms with Crippen LogP contribution in [-0.2, 0) is 0 Å². The first-order valence-corrected chi connectivity index (χ1v) is 4.41. The van der Waals surface area contributed by atoms with Crippen molar-refractivity contribution < 1.29 is 9.47 Å². The fourth-order valence-electron chi connectivity index (χ4n) is 0.890. The van der Waals surface area contributed by atoms with Crippen LogP contribution in [0, 0.1) is 6.92 Å². The summed E-state index contributed by atoms with van der Waals surface area (Å²) in [5, 5.41) is 0. The molecule has 0 saturated heterocycles. The normalized spacial score (nSPS) is 8.64. The number of nitrogens with zero attached hydrogens (tertiary/aromatic N) is 2. The molecule has 0 saturated carbocycles. The molecule has 0 radical (unpaired) electrons. The highest BCUT2D eigenvalue weighted by atomic mass is 16.5. The average molecular weight is 199 g/mol. The van der Waals surface area contributed by atoms with Gasteiger partial charge in [-0.3, -0.25) is 0 Å². The molecule has 0 amide bonds. The zero-order chi connectivity index (χ0) is 11.1. The van der Waals surface area contributed by atoms with Crippen LogP contribution < -0.4 is 15.2 Å². The number of hydrogen-bond donors (Lipinski definition) is 1. The van der Waals surface area contributed by atoms with Crippen LogP contribution in [0.4, 0.5) is 5.95 Å². The second kappa shape index (κ2) is 6.01. The summed E-state index contributed by atoms with van der Waals surface area (Å²) in [7, 11) is 3.04. The van der Waals surface area contributed by atoms with Gasteiger partial charge in [-0.05, 0) is 6.92 Å². The lowest BCUT2D eigenvalue weighted by atomic mass is 10.3. The third-order valence-electron chi connectivity index (χ3n) is 1.46. The molecule has 0 bridgehead atoms. The Morgan fingerprint density at radius 2 is 1.36 bits per heavy atom. The fraction of sp³-hybridized carbons (Fsp3) is 0.556. The van der Waals surface area contributed by atoms with Crippen molar-refractivity contribution >= 4 is 5.95 Å². The number of methoxy groups -OCH3 is 2. The zero-order valence-corrected chi connectivity index (χ0v) is 9.29. The van der Waals surface area contributed by atoms with E-state index < -0.39 is 0 Å². The van der Waals surface area contributed by atoms with Crippen molar-refractivity contribution in [3.63, 3.8) is 0 Å². The van der Waals surface area contributed by atoms with Crippen LogP contribution in [0.15, 0.2) is 0 Å². The predicted octanol–water partition coefficient (Wildman–Crippen LogP) is 1.41. The number of nitrogen functional groups attached to an aromatic ring is 1. The van der Waals surface area contributed by atoms with Gasteiger partial charge in [-0.2, -0.15) is 9.97 Å². The van der Waals surface area contributed by atoms with Crippen LogP contribution >= 0.6 is 0 Å². The minimum Gasteiger partial charge on any atom is -0.481 e. The summed E-state index contributed by atoms with van der Waals surface area (Å²) in [5.41, 5.74) is 6.14. The quantitative estimate of drug-likeness (QED) is 0.779. The highest BCUT2D eigenvalue weighted by molar-refractivity contribution is 5.38. The van der Waals surface area contributed by atoms with Gasteiger partial charge in [-0.15, -0.1) is 0 Å². The van der Waals surface area contributed by atoms with Crippen molar-refractivity contribution in [1.29, 1.82) is 0 Å². The fourth-order valence-corrected chi connectivity index (χ4v) is 0.890. The minimum absolute atomic E-state index is 0.148. The number of rotatable bonds is 2. The standard InChI is InChI=1S/C7H11N3O2.C2H6/c1-4-5(11-2)9-7(8)10-6(4)12-3;1-2/h1-3H3,(H2,8,9,10);1-2H3. The van der Waals surface area contributed by atoms with Crippen molar-refractivity contribution in [2.75, 3.05) is 20.0 Å². The number of aromatic nitrogens is 2. The smallest absolute Gasteiger partial charge is 0.226 e. The number of ether oxygens (including phenoxy) is 2. The van der Waals surface area contributed by atoms with E-state index in [0.717, 1.165) is 5.56 Å². The van der Waals surface area contributed by atoms with E-state index in [1.165, 1.54) is 14.2 Å². The second-order valence-corrected chi connectivity index (χ2v) is 2.23. The molecule has 14 heavy (non-hydrogen) atoms. The van der Waals surface area contributed by atoms with E-state index in [1.807, 2.05) is 13.8 Å². The Morgan fingerprint density at radius 1 is 1.00 bits per heavy atom. The monoisotopic (exact) mass is 199 g/mol. The van der Waals surface area contributed by atoms with Crippen molar-refractivity contribution in [3.05, 3.63) is 5.56 Å². The lowest BCUT2D eigenvalue weighted by molar-refractivity contribution is 0.367. The summed E-state index contributed by atoms with van der Waals surface area (Å²) in [6.07, 6.45) is 0. The van der Waals surface area contributed by atoms with E-state index in [4.69, 9.17) is 15.2 Å². The molecule has 0 fully saturated rings. The van der Waals surface area contributed by atoms with Crippen molar-refractivity contribution in [3.8, 4) is 11.8 Å². The van der Waals surface area contributed by atoms with E-state index in [1.54, 1.807) is 6.92 Å². The molecule has 1 heterocycles. The van der Waals surface area contributed by atoms with Gasteiger partial charge in [-0.1, -0.05) is 13.8 Å². The van der Waals surface area contributed by atoms with Crippen LogP contribution in [0.5, 0.6) is 11.8 Å². The second-order valence-electron chi connectivity index (χ2n) is 2.23. The molecular weight excluding hydrogens is 182 g/mol. The largest absolute Gasteiger partial charge is 0.481 e. The van der Waals surface area contributed by atoms with Crippen LogP contribution in [0.25, 0.3) is 0 Å². The summed E-state index contributed by atoms with van der Waals surface area (Å²) < 4.78 is 9.91. The summed E-state index contributed by atoms with van der Waals surface area (Å²) in [6.45, 7) is 5.80. The Balaban J connectivity index is 0.000000791. The Bertz CT molecular complexity index is 264. The molecule has 5 heteroatoms. The molecule has 2 N–H and O–H groups in total. The topological polar surface area (TPSA) is 70.3 Å². The lowest BCUT2D eigenvalue weighted by Crippen LogP contribution is -2.02. The molecule has 0 spiro atoms. The highest BCUT2D eigenvalue weighted by Gasteiger charge is 2.09. The molecule has 1 aromatic heterocycles. The average Bonchev–Trinajstić information content (AvgIpc) is 2.23. The van der Waals surface area contributed by atoms with E-state index in [2.05, 4.69) is 9.97 Å². The molecule has 1 rings (SSSR count). The summed E-state index contributed by atoms with van der Waals surface area (Å²) >= 11 is 0. The number of anilines is 1. The van der Waals surface area contributed by atoms with Gasteiger partial charge in [0.25, 0.3) is 0 Å². The van der Waals surface area contributed by atoms with Crippen LogP contribution in [-0.4, -0.2) is 24.2 Å². The molecule has 1 aromatic rings. The maximum absolute atomic E-state index is 5.40.